The van der Waals surface area contributed by atoms with Crippen LogP contribution >= 0.6 is 9.24 Å². The molecule has 0 rings (SSSR count). The van der Waals surface area contributed by atoms with Crippen molar-refractivity contribution in [3.63, 3.8) is 0 Å². The van der Waals surface area contributed by atoms with E-state index in [2.05, 4.69) is 22.2 Å². The molecule has 0 unspecified atom stereocenters. The molecule has 0 saturated heterocycles. The third kappa shape index (κ3) is 20.2. The predicted octanol–water partition coefficient (Wildman–Crippen LogP) is 8.95. The quantitative estimate of drug-likeness (QED) is 0.174. The molecule has 130 valence electrons. The molecule has 22 heavy (non-hydrogen) atoms. The average Bonchev–Trinajstić information content (AvgIpc) is 2.54. The van der Waals surface area contributed by atoms with Crippen molar-refractivity contribution in [3.8, 4) is 0 Å². The van der Waals surface area contributed by atoms with Crippen molar-refractivity contribution in [3.05, 3.63) is 11.9 Å². The van der Waals surface area contributed by atoms with Crippen molar-refractivity contribution in [1.82, 2.24) is 0 Å². The summed E-state index contributed by atoms with van der Waals surface area (Å²) < 4.78 is 0. The van der Waals surface area contributed by atoms with E-state index in [1.807, 2.05) is 5.82 Å². The first-order valence-electron chi connectivity index (χ1n) is 10.2. The summed E-state index contributed by atoms with van der Waals surface area (Å²) >= 11 is 0. The maximum atomic E-state index is 4.07. The van der Waals surface area contributed by atoms with E-state index in [0.29, 0.717) is 0 Å². The van der Waals surface area contributed by atoms with Gasteiger partial charge in [-0.15, -0.1) is 0 Å². The second-order valence-corrected chi connectivity index (χ2v) is 7.13. The minimum absolute atomic E-state index is 1.21. The zero-order chi connectivity index (χ0) is 16.1. The van der Waals surface area contributed by atoms with Gasteiger partial charge >= 0.3 is 0 Å². The van der Waals surface area contributed by atoms with Crippen LogP contribution in [0.25, 0.3) is 0 Å². The molecule has 1 heteroatoms. The van der Waals surface area contributed by atoms with Gasteiger partial charge < -0.3 is 0 Å². The van der Waals surface area contributed by atoms with Gasteiger partial charge in [-0.1, -0.05) is 122 Å². The van der Waals surface area contributed by atoms with Gasteiger partial charge in [-0.25, -0.2) is 0 Å². The lowest BCUT2D eigenvalue weighted by atomic mass is 10.0. The van der Waals surface area contributed by atoms with Crippen LogP contribution < -0.4 is 0 Å². The fourth-order valence-electron chi connectivity index (χ4n) is 3.06. The molecule has 0 aliphatic carbocycles. The smallest absolute Gasteiger partial charge is 0.0146 e. The molecule has 0 atom stereocenters. The largest absolute Gasteiger partial charge is 0.0834 e. The predicted molar refractivity (Wildman–Crippen MR) is 105 cm³/mol. The van der Waals surface area contributed by atoms with Crippen LogP contribution in [0.2, 0.25) is 0 Å². The summed E-state index contributed by atoms with van der Waals surface area (Å²) in [6.45, 7) is 2.29. The molecule has 0 aliphatic heterocycles. The van der Waals surface area contributed by atoms with E-state index in [1.54, 1.807) is 0 Å². The number of allylic oxidation sites excluding steroid dienone is 1. The molecule has 0 spiro atoms. The van der Waals surface area contributed by atoms with E-state index in [1.165, 1.54) is 116 Å². The van der Waals surface area contributed by atoms with Crippen molar-refractivity contribution in [2.24, 2.45) is 0 Å². The van der Waals surface area contributed by atoms with Crippen molar-refractivity contribution >= 4 is 9.24 Å². The fraction of sp³-hybridized carbons (Fsp3) is 0.905. The Bertz CT molecular complexity index is 210. The van der Waals surface area contributed by atoms with Gasteiger partial charge in [0.05, 0.1) is 0 Å². The second kappa shape index (κ2) is 21.2. The van der Waals surface area contributed by atoms with Crippen LogP contribution in [-0.2, 0) is 0 Å². The lowest BCUT2D eigenvalue weighted by Gasteiger charge is -2.03. The van der Waals surface area contributed by atoms with Gasteiger partial charge in [0.1, 0.15) is 0 Å². The number of hydrogen-bond donors (Lipinski definition) is 0. The van der Waals surface area contributed by atoms with Gasteiger partial charge in [0.15, 0.2) is 0 Å². The van der Waals surface area contributed by atoms with Gasteiger partial charge in [-0.3, -0.25) is 0 Å². The summed E-state index contributed by atoms with van der Waals surface area (Å²) in [5, 5.41) is 0. The molecule has 0 saturated carbocycles. The molecule has 0 aromatic rings. The summed E-state index contributed by atoms with van der Waals surface area (Å²) in [7, 11) is 4.07. The topological polar surface area (TPSA) is 0 Å². The molecule has 0 N–H and O–H groups in total. The Morgan fingerprint density at radius 2 is 0.818 bits per heavy atom. The average molecular weight is 325 g/mol. The van der Waals surface area contributed by atoms with Crippen molar-refractivity contribution in [1.29, 1.82) is 0 Å². The van der Waals surface area contributed by atoms with Crippen LogP contribution in [0.3, 0.4) is 0 Å². The van der Waals surface area contributed by atoms with Gasteiger partial charge in [-0.05, 0) is 22.1 Å². The highest BCUT2D eigenvalue weighted by Gasteiger charge is 1.94. The number of unbranched alkanes of at least 4 members (excludes halogenated alkanes) is 17. The standard InChI is InChI=1S/C21H41P/c1-2-3-4-5-6-7-8-9-10-11-12-13-14-15-16-17-18-19-20-21-22/h20-21H,2-19H2,1H3/b21-20+. The normalized spacial score (nSPS) is 11.5. The minimum Gasteiger partial charge on any atom is -0.0834 e. The van der Waals surface area contributed by atoms with E-state index in [0.717, 1.165) is 0 Å². The Kier molecular flexibility index (Phi) is 21.3. The SMILES string of the molecule is CCCCCCCCCCCCCCCCCCC/C=C/[P]. The lowest BCUT2D eigenvalue weighted by molar-refractivity contribution is 0.527. The Morgan fingerprint density at radius 1 is 0.500 bits per heavy atom. The van der Waals surface area contributed by atoms with Crippen LogP contribution in [0.4, 0.5) is 0 Å². The zero-order valence-corrected chi connectivity index (χ0v) is 16.2. The van der Waals surface area contributed by atoms with E-state index in [4.69, 9.17) is 0 Å². The molecule has 0 nitrogen and oxygen atoms in total. The van der Waals surface area contributed by atoms with Gasteiger partial charge in [0, 0.05) is 0 Å². The van der Waals surface area contributed by atoms with E-state index in [-0.39, 0.29) is 0 Å². The maximum Gasteiger partial charge on any atom is -0.0146 e. The first-order valence-corrected chi connectivity index (χ1v) is 10.7. The minimum atomic E-state index is 1.21. The second-order valence-electron chi connectivity index (χ2n) is 6.83. The zero-order valence-electron chi connectivity index (χ0n) is 15.3. The van der Waals surface area contributed by atoms with E-state index < -0.39 is 0 Å². The van der Waals surface area contributed by atoms with E-state index in [9.17, 15) is 0 Å². The highest BCUT2D eigenvalue weighted by Crippen LogP contribution is 2.14. The number of hydrogen-bond acceptors (Lipinski definition) is 0. The molecular formula is C21H41P. The summed E-state index contributed by atoms with van der Waals surface area (Å²) in [5.74, 6) is 1.87. The Labute approximate surface area is 144 Å². The maximum absolute atomic E-state index is 4.07. The number of rotatable bonds is 18. The molecule has 0 fully saturated rings. The first kappa shape index (κ1) is 22.2. The summed E-state index contributed by atoms with van der Waals surface area (Å²) in [4.78, 5) is 0. The van der Waals surface area contributed by atoms with Crippen LogP contribution in [0, 0.1) is 0 Å². The molecular weight excluding hydrogens is 283 g/mol. The molecule has 0 bridgehead atoms. The molecule has 2 radical (unpaired) electrons. The van der Waals surface area contributed by atoms with E-state index >= 15 is 0 Å². The molecule has 0 amide bonds. The van der Waals surface area contributed by atoms with Crippen LogP contribution in [0.5, 0.6) is 0 Å². The van der Waals surface area contributed by atoms with Crippen LogP contribution in [-0.4, -0.2) is 0 Å². The Morgan fingerprint density at radius 3 is 1.14 bits per heavy atom. The third-order valence-corrected chi connectivity index (χ3v) is 4.79. The molecule has 0 aromatic carbocycles. The molecule has 0 aliphatic rings. The summed E-state index contributed by atoms with van der Waals surface area (Å²) in [5.41, 5.74) is 0. The first-order chi connectivity index (χ1) is 10.9. The third-order valence-electron chi connectivity index (χ3n) is 4.58. The van der Waals surface area contributed by atoms with Gasteiger partial charge in [0.25, 0.3) is 0 Å². The highest BCUT2D eigenvalue weighted by atomic mass is 31.0. The Balaban J connectivity index is 2.94. The van der Waals surface area contributed by atoms with Gasteiger partial charge in [-0.2, -0.15) is 0 Å². The van der Waals surface area contributed by atoms with Crippen molar-refractivity contribution in [2.75, 3.05) is 0 Å². The lowest BCUT2D eigenvalue weighted by Crippen LogP contribution is -1.83. The monoisotopic (exact) mass is 324 g/mol. The highest BCUT2D eigenvalue weighted by molar-refractivity contribution is 7.20. The van der Waals surface area contributed by atoms with Crippen molar-refractivity contribution in [2.45, 2.75) is 122 Å². The molecule has 0 heterocycles. The Hall–Kier alpha value is 0.170. The summed E-state index contributed by atoms with van der Waals surface area (Å²) in [6.07, 6.45) is 28.0. The van der Waals surface area contributed by atoms with Gasteiger partial charge in [0.2, 0.25) is 0 Å². The summed E-state index contributed by atoms with van der Waals surface area (Å²) in [6, 6.07) is 0. The van der Waals surface area contributed by atoms with Crippen LogP contribution in [0.1, 0.15) is 122 Å². The molecule has 0 aromatic heterocycles. The fourth-order valence-corrected chi connectivity index (χ4v) is 3.21. The van der Waals surface area contributed by atoms with Crippen molar-refractivity contribution < 1.29 is 0 Å². The van der Waals surface area contributed by atoms with Crippen LogP contribution in [0.15, 0.2) is 11.9 Å².